The molecule has 1 saturated heterocycles. The summed E-state index contributed by atoms with van der Waals surface area (Å²) in [6.07, 6.45) is 5.08. The molecule has 0 aromatic carbocycles. The van der Waals surface area contributed by atoms with Gasteiger partial charge in [-0.1, -0.05) is 5.92 Å². The molecular weight excluding hydrogens is 558 g/mol. The molecule has 0 bridgehead atoms. The van der Waals surface area contributed by atoms with Crippen molar-refractivity contribution in [1.82, 2.24) is 24.9 Å². The molecule has 1 aliphatic heterocycles. The number of terminal acetylenes is 1. The number of rotatable bonds is 19. The van der Waals surface area contributed by atoms with Gasteiger partial charge in [0.1, 0.15) is 6.61 Å². The number of carbonyl (C=O) groups excluding carboxylic acids is 1. The van der Waals surface area contributed by atoms with E-state index in [1.165, 1.54) is 4.90 Å². The number of urea groups is 1. The van der Waals surface area contributed by atoms with E-state index in [-0.39, 0.29) is 97.8 Å². The number of amides is 2. The first-order valence-electron chi connectivity index (χ1n) is 13.8. The fraction of sp³-hybridized carbons (Fsp3) is 0.769. The minimum Gasteiger partial charge on any atom is -0.480 e. The Morgan fingerprint density at radius 3 is 1.33 bits per heavy atom. The molecule has 2 amide bonds. The van der Waals surface area contributed by atoms with E-state index in [2.05, 4.69) is 11.2 Å². The molecule has 0 aromatic heterocycles. The van der Waals surface area contributed by atoms with Crippen molar-refractivity contribution in [3.63, 3.8) is 0 Å². The van der Waals surface area contributed by atoms with Gasteiger partial charge in [0.2, 0.25) is 0 Å². The summed E-state index contributed by atoms with van der Waals surface area (Å²) in [5.41, 5.74) is 0. The van der Waals surface area contributed by atoms with Gasteiger partial charge < -0.3 is 44.5 Å². The van der Waals surface area contributed by atoms with E-state index in [1.807, 2.05) is 0 Å². The number of nitrogens with zero attached hydrogens (tertiary/aromatic N) is 4. The number of aliphatic carboxylic acids is 3. The van der Waals surface area contributed by atoms with Gasteiger partial charge in [-0.15, -0.1) is 6.42 Å². The summed E-state index contributed by atoms with van der Waals surface area (Å²) in [7, 11) is 0. The molecule has 1 aliphatic rings. The molecule has 0 atom stereocenters. The fourth-order valence-electron chi connectivity index (χ4n) is 3.92. The maximum Gasteiger partial charge on any atom is 0.317 e. The van der Waals surface area contributed by atoms with Crippen LogP contribution >= 0.6 is 0 Å². The first-order valence-corrected chi connectivity index (χ1v) is 13.8. The maximum absolute atomic E-state index is 12.9. The summed E-state index contributed by atoms with van der Waals surface area (Å²) in [5.74, 6) is -0.726. The van der Waals surface area contributed by atoms with Crippen LogP contribution < -0.4 is 5.32 Å². The van der Waals surface area contributed by atoms with Gasteiger partial charge in [-0.05, 0) is 0 Å². The number of hydrogen-bond donors (Lipinski definition) is 4. The van der Waals surface area contributed by atoms with Crippen molar-refractivity contribution < 1.29 is 53.4 Å². The van der Waals surface area contributed by atoms with Crippen molar-refractivity contribution in [3.05, 3.63) is 0 Å². The van der Waals surface area contributed by atoms with Crippen molar-refractivity contribution in [2.75, 3.05) is 131 Å². The third-order valence-corrected chi connectivity index (χ3v) is 6.03. The number of carboxylic acids is 3. The van der Waals surface area contributed by atoms with Gasteiger partial charge in [-0.3, -0.25) is 29.1 Å². The summed E-state index contributed by atoms with van der Waals surface area (Å²) in [4.78, 5) is 53.4. The normalized spacial score (nSPS) is 16.2. The largest absolute Gasteiger partial charge is 0.480 e. The molecule has 1 rings (SSSR count). The van der Waals surface area contributed by atoms with E-state index in [1.54, 1.807) is 14.7 Å². The van der Waals surface area contributed by atoms with Crippen LogP contribution in [0.4, 0.5) is 4.79 Å². The highest BCUT2D eigenvalue weighted by molar-refractivity contribution is 5.74. The Hall–Kier alpha value is -3.04. The van der Waals surface area contributed by atoms with Crippen molar-refractivity contribution in [3.8, 4) is 12.3 Å². The average molecular weight is 604 g/mol. The summed E-state index contributed by atoms with van der Waals surface area (Å²) < 4.78 is 21.3. The van der Waals surface area contributed by atoms with Crippen LogP contribution in [0.5, 0.6) is 0 Å². The molecule has 0 aliphatic carbocycles. The van der Waals surface area contributed by atoms with E-state index in [0.29, 0.717) is 39.6 Å². The van der Waals surface area contributed by atoms with E-state index in [9.17, 15) is 34.5 Å². The lowest BCUT2D eigenvalue weighted by molar-refractivity contribution is -0.140. The van der Waals surface area contributed by atoms with Crippen molar-refractivity contribution >= 4 is 23.9 Å². The van der Waals surface area contributed by atoms with Crippen LogP contribution in [0.25, 0.3) is 0 Å². The Kier molecular flexibility index (Phi) is 20.7. The number of hydrogen-bond acceptors (Lipinski definition) is 11. The lowest BCUT2D eigenvalue weighted by atomic mass is 10.3. The zero-order chi connectivity index (χ0) is 31.0. The van der Waals surface area contributed by atoms with E-state index >= 15 is 0 Å². The molecule has 1 heterocycles. The van der Waals surface area contributed by atoms with Crippen LogP contribution in [0, 0.1) is 12.3 Å². The van der Waals surface area contributed by atoms with Gasteiger partial charge in [0, 0.05) is 58.9 Å². The fourth-order valence-corrected chi connectivity index (χ4v) is 3.92. The van der Waals surface area contributed by atoms with Gasteiger partial charge >= 0.3 is 23.9 Å². The second-order valence-corrected chi connectivity index (χ2v) is 9.32. The molecule has 16 heteroatoms. The van der Waals surface area contributed by atoms with Gasteiger partial charge in [0.15, 0.2) is 0 Å². The first-order chi connectivity index (χ1) is 20.2. The summed E-state index contributed by atoms with van der Waals surface area (Å²) in [5, 5.41) is 30.6. The van der Waals surface area contributed by atoms with Gasteiger partial charge in [-0.2, -0.15) is 0 Å². The molecule has 16 nitrogen and oxygen atoms in total. The third-order valence-electron chi connectivity index (χ3n) is 6.03. The Bertz CT molecular complexity index is 810. The lowest BCUT2D eigenvalue weighted by Crippen LogP contribution is -2.51. The number of nitrogens with one attached hydrogen (secondary N) is 1. The second-order valence-electron chi connectivity index (χ2n) is 9.32. The topological polar surface area (TPSA) is 191 Å². The molecule has 240 valence electrons. The van der Waals surface area contributed by atoms with Crippen molar-refractivity contribution in [1.29, 1.82) is 0 Å². The second kappa shape index (κ2) is 23.5. The molecule has 1 fully saturated rings. The van der Waals surface area contributed by atoms with E-state index in [0.717, 1.165) is 0 Å². The maximum atomic E-state index is 12.9. The van der Waals surface area contributed by atoms with Crippen molar-refractivity contribution in [2.45, 2.75) is 0 Å². The molecule has 0 spiro atoms. The SMILES string of the molecule is C#CCOCCOCCOCCOCCNC(=O)N1CCN(CC(=O)O)CCN(CC(=O)O)CCN(CC(=O)O)CC1. The average Bonchev–Trinajstić information content (AvgIpc) is 2.92. The lowest BCUT2D eigenvalue weighted by Gasteiger charge is -2.33. The molecule has 42 heavy (non-hydrogen) atoms. The molecule has 0 saturated carbocycles. The third kappa shape index (κ3) is 19.9. The summed E-state index contributed by atoms with van der Waals surface area (Å²) in [6, 6.07) is -0.381. The first kappa shape index (κ1) is 37.0. The highest BCUT2D eigenvalue weighted by Gasteiger charge is 2.22. The molecule has 0 radical (unpaired) electrons. The molecule has 0 unspecified atom stereocenters. The minimum absolute atomic E-state index is 0.200. The predicted octanol–water partition coefficient (Wildman–Crippen LogP) is -2.13. The van der Waals surface area contributed by atoms with Gasteiger partial charge in [-0.25, -0.2) is 4.79 Å². The Labute approximate surface area is 246 Å². The van der Waals surface area contributed by atoms with Crippen LogP contribution in [-0.4, -0.2) is 190 Å². The van der Waals surface area contributed by atoms with Gasteiger partial charge in [0.05, 0.1) is 65.9 Å². The van der Waals surface area contributed by atoms with E-state index < -0.39 is 17.9 Å². The van der Waals surface area contributed by atoms with Crippen LogP contribution in [0.3, 0.4) is 0 Å². The zero-order valence-electron chi connectivity index (χ0n) is 24.1. The Morgan fingerprint density at radius 2 is 0.952 bits per heavy atom. The smallest absolute Gasteiger partial charge is 0.317 e. The highest BCUT2D eigenvalue weighted by atomic mass is 16.6. The predicted molar refractivity (Wildman–Crippen MR) is 149 cm³/mol. The van der Waals surface area contributed by atoms with Crippen LogP contribution in [0.2, 0.25) is 0 Å². The van der Waals surface area contributed by atoms with Crippen LogP contribution in [-0.2, 0) is 33.3 Å². The standard InChI is InChI=1S/C26H45N5O11/c1-2-12-39-14-16-41-18-19-42-17-15-40-13-3-27-26(38)31-10-8-29(21-24(34)35)6-4-28(20-23(32)33)5-7-30(9-11-31)22-25(36)37/h1H,3-22H2,(H,27,38)(H,32,33)(H,34,35)(H,36,37). The Balaban J connectivity index is 2.50. The number of ether oxygens (including phenoxy) is 4. The minimum atomic E-state index is -1.03. The van der Waals surface area contributed by atoms with E-state index in [4.69, 9.17) is 25.4 Å². The summed E-state index contributed by atoms with van der Waals surface area (Å²) in [6.45, 7) is 4.34. The van der Waals surface area contributed by atoms with Crippen molar-refractivity contribution in [2.24, 2.45) is 0 Å². The quantitative estimate of drug-likeness (QED) is 0.0925. The molecule has 0 aromatic rings. The zero-order valence-corrected chi connectivity index (χ0v) is 24.1. The highest BCUT2D eigenvalue weighted by Crippen LogP contribution is 2.02. The number of carbonyl (C=O) groups is 4. The van der Waals surface area contributed by atoms with Gasteiger partial charge in [0.25, 0.3) is 0 Å². The molecular formula is C26H45N5O11. The summed E-state index contributed by atoms with van der Waals surface area (Å²) >= 11 is 0. The Morgan fingerprint density at radius 1 is 0.595 bits per heavy atom. The molecule has 4 N–H and O–H groups in total. The number of carboxylic acid groups (broad SMARTS) is 3. The monoisotopic (exact) mass is 603 g/mol. The van der Waals surface area contributed by atoms with Crippen LogP contribution in [0.15, 0.2) is 0 Å². The van der Waals surface area contributed by atoms with Crippen LogP contribution in [0.1, 0.15) is 0 Å².